The molecule has 29 heavy (non-hydrogen) atoms. The van der Waals surface area contributed by atoms with Crippen molar-refractivity contribution in [1.29, 1.82) is 0 Å². The molecule has 0 aliphatic heterocycles. The normalized spacial score (nSPS) is 15.2. The Morgan fingerprint density at radius 2 is 1.79 bits per heavy atom. The lowest BCUT2D eigenvalue weighted by molar-refractivity contribution is -0.144. The summed E-state index contributed by atoms with van der Waals surface area (Å²) in [6.45, 7) is 1.56. The zero-order valence-electron chi connectivity index (χ0n) is 17.0. The molecule has 3 nitrogen and oxygen atoms in total. The van der Waals surface area contributed by atoms with E-state index in [9.17, 15) is 9.18 Å². The third-order valence-electron chi connectivity index (χ3n) is 5.66. The molecule has 0 radical (unpaired) electrons. The van der Waals surface area contributed by atoms with Crippen LogP contribution in [0.5, 0.6) is 0 Å². The van der Waals surface area contributed by atoms with Gasteiger partial charge in [-0.2, -0.15) is 0 Å². The largest absolute Gasteiger partial charge is 0.469 e. The van der Waals surface area contributed by atoms with Crippen molar-refractivity contribution in [3.8, 4) is 11.8 Å². The number of esters is 1. The van der Waals surface area contributed by atoms with Gasteiger partial charge in [-0.3, -0.25) is 4.79 Å². The quantitative estimate of drug-likeness (QED) is 0.564. The summed E-state index contributed by atoms with van der Waals surface area (Å²) in [6, 6.07) is 14.5. The molecule has 0 atom stereocenters. The lowest BCUT2D eigenvalue weighted by Crippen LogP contribution is -2.38. The number of carbonyl (C=O) groups excluding carboxylic acids is 1. The van der Waals surface area contributed by atoms with Gasteiger partial charge in [0.15, 0.2) is 0 Å². The van der Waals surface area contributed by atoms with E-state index in [1.807, 2.05) is 24.3 Å². The van der Waals surface area contributed by atoms with E-state index < -0.39 is 0 Å². The summed E-state index contributed by atoms with van der Waals surface area (Å²) >= 11 is 0. The molecule has 3 rings (SSSR count). The number of hydrogen-bond donors (Lipinski definition) is 1. The maximum Gasteiger partial charge on any atom is 0.306 e. The SMILES string of the molecule is COC(=O)CC1(CNCc2ccc(C#Cc3ccccc3F)cc2)CCCCC1. The van der Waals surface area contributed by atoms with Gasteiger partial charge in [0, 0.05) is 18.7 Å². The monoisotopic (exact) mass is 393 g/mol. The summed E-state index contributed by atoms with van der Waals surface area (Å²) < 4.78 is 18.6. The second-order valence-corrected chi connectivity index (χ2v) is 7.84. The lowest BCUT2D eigenvalue weighted by Gasteiger charge is -2.36. The van der Waals surface area contributed by atoms with Crippen LogP contribution in [0.3, 0.4) is 0 Å². The topological polar surface area (TPSA) is 38.3 Å². The Balaban J connectivity index is 1.56. The van der Waals surface area contributed by atoms with Gasteiger partial charge >= 0.3 is 5.97 Å². The van der Waals surface area contributed by atoms with Crippen molar-refractivity contribution in [2.75, 3.05) is 13.7 Å². The number of rotatable bonds is 6. The van der Waals surface area contributed by atoms with Gasteiger partial charge in [-0.1, -0.05) is 55.4 Å². The van der Waals surface area contributed by atoms with E-state index in [-0.39, 0.29) is 17.2 Å². The molecular weight excluding hydrogens is 365 g/mol. The number of nitrogens with one attached hydrogen (secondary N) is 1. The number of hydrogen-bond acceptors (Lipinski definition) is 3. The van der Waals surface area contributed by atoms with Crippen LogP contribution in [0.2, 0.25) is 0 Å². The molecule has 1 aliphatic carbocycles. The molecule has 1 aliphatic rings. The zero-order chi connectivity index (χ0) is 20.5. The first-order valence-electron chi connectivity index (χ1n) is 10.2. The standard InChI is InChI=1S/C25H28FNO2/c1-29-24(28)17-25(15-5-2-6-16-25)19-27-18-21-11-9-20(10-12-21)13-14-22-7-3-4-8-23(22)26/h3-4,7-12,27H,2,5-6,15-19H2,1H3. The maximum absolute atomic E-state index is 13.6. The Hall–Kier alpha value is -2.64. The lowest BCUT2D eigenvalue weighted by atomic mass is 9.71. The van der Waals surface area contributed by atoms with Gasteiger partial charge in [-0.15, -0.1) is 0 Å². The molecule has 0 aromatic heterocycles. The summed E-state index contributed by atoms with van der Waals surface area (Å²) in [5.74, 6) is 5.47. The molecule has 0 unspecified atom stereocenters. The summed E-state index contributed by atoms with van der Waals surface area (Å²) in [6.07, 6.45) is 6.22. The minimum Gasteiger partial charge on any atom is -0.469 e. The number of methoxy groups -OCH3 is 1. The number of halogens is 1. The zero-order valence-corrected chi connectivity index (χ0v) is 17.0. The van der Waals surface area contributed by atoms with E-state index in [4.69, 9.17) is 4.74 Å². The van der Waals surface area contributed by atoms with Gasteiger partial charge in [0.05, 0.1) is 19.1 Å². The van der Waals surface area contributed by atoms with Crippen LogP contribution in [0.1, 0.15) is 55.2 Å². The fourth-order valence-electron chi connectivity index (χ4n) is 3.98. The molecule has 0 bridgehead atoms. The van der Waals surface area contributed by atoms with Crippen molar-refractivity contribution in [2.45, 2.75) is 45.1 Å². The van der Waals surface area contributed by atoms with E-state index in [0.717, 1.165) is 37.1 Å². The number of carbonyl (C=O) groups is 1. The molecule has 2 aromatic rings. The van der Waals surface area contributed by atoms with Crippen LogP contribution in [0, 0.1) is 23.1 Å². The summed E-state index contributed by atoms with van der Waals surface area (Å²) in [4.78, 5) is 11.9. The highest BCUT2D eigenvalue weighted by molar-refractivity contribution is 5.70. The predicted molar refractivity (Wildman–Crippen MR) is 113 cm³/mol. The van der Waals surface area contributed by atoms with E-state index in [1.165, 1.54) is 32.4 Å². The van der Waals surface area contributed by atoms with E-state index in [2.05, 4.69) is 17.2 Å². The van der Waals surface area contributed by atoms with Crippen molar-refractivity contribution < 1.29 is 13.9 Å². The van der Waals surface area contributed by atoms with Crippen LogP contribution in [0.4, 0.5) is 4.39 Å². The average molecular weight is 394 g/mol. The molecule has 0 spiro atoms. The van der Waals surface area contributed by atoms with Crippen LogP contribution in [0.15, 0.2) is 48.5 Å². The molecule has 0 heterocycles. The maximum atomic E-state index is 13.6. The molecular formula is C25H28FNO2. The average Bonchev–Trinajstić information content (AvgIpc) is 2.74. The number of benzene rings is 2. The van der Waals surface area contributed by atoms with Crippen LogP contribution >= 0.6 is 0 Å². The van der Waals surface area contributed by atoms with Crippen molar-refractivity contribution in [1.82, 2.24) is 5.32 Å². The van der Waals surface area contributed by atoms with Gasteiger partial charge in [-0.25, -0.2) is 4.39 Å². The number of ether oxygens (including phenoxy) is 1. The van der Waals surface area contributed by atoms with Gasteiger partial charge in [-0.05, 0) is 48.1 Å². The Bertz CT molecular complexity index is 874. The summed E-state index contributed by atoms with van der Waals surface area (Å²) in [7, 11) is 1.46. The smallest absolute Gasteiger partial charge is 0.306 e. The van der Waals surface area contributed by atoms with Crippen LogP contribution < -0.4 is 5.32 Å². The Labute approximate surface area is 172 Å². The second-order valence-electron chi connectivity index (χ2n) is 7.84. The molecule has 2 aromatic carbocycles. The first kappa shape index (κ1) is 21.1. The molecule has 1 fully saturated rings. The Morgan fingerprint density at radius 3 is 2.48 bits per heavy atom. The van der Waals surface area contributed by atoms with Gasteiger partial charge in [0.2, 0.25) is 0 Å². The minimum absolute atomic E-state index is 0.0104. The fourth-order valence-corrected chi connectivity index (χ4v) is 3.98. The highest BCUT2D eigenvalue weighted by atomic mass is 19.1. The molecule has 4 heteroatoms. The third kappa shape index (κ3) is 6.17. The molecule has 1 N–H and O–H groups in total. The van der Waals surface area contributed by atoms with Crippen molar-refractivity contribution >= 4 is 5.97 Å². The first-order chi connectivity index (χ1) is 14.1. The summed E-state index contributed by atoms with van der Waals surface area (Å²) in [5, 5.41) is 3.53. The van der Waals surface area contributed by atoms with Crippen molar-refractivity contribution in [3.05, 3.63) is 71.0 Å². The van der Waals surface area contributed by atoms with Crippen LogP contribution in [0.25, 0.3) is 0 Å². The predicted octanol–water partition coefficient (Wildman–Crippen LogP) is 4.83. The molecule has 1 saturated carbocycles. The van der Waals surface area contributed by atoms with Crippen LogP contribution in [-0.4, -0.2) is 19.6 Å². The second kappa shape index (κ2) is 10.2. The van der Waals surface area contributed by atoms with Gasteiger partial charge in [0.1, 0.15) is 5.82 Å². The van der Waals surface area contributed by atoms with E-state index in [1.54, 1.807) is 18.2 Å². The summed E-state index contributed by atoms with van der Waals surface area (Å²) in [5.41, 5.74) is 2.43. The Kier molecular flexibility index (Phi) is 7.43. The van der Waals surface area contributed by atoms with Gasteiger partial charge < -0.3 is 10.1 Å². The Morgan fingerprint density at radius 1 is 1.07 bits per heavy atom. The van der Waals surface area contributed by atoms with Crippen LogP contribution in [-0.2, 0) is 16.1 Å². The van der Waals surface area contributed by atoms with Crippen molar-refractivity contribution in [3.63, 3.8) is 0 Å². The highest BCUT2D eigenvalue weighted by Gasteiger charge is 2.34. The highest BCUT2D eigenvalue weighted by Crippen LogP contribution is 2.39. The fraction of sp³-hybridized carbons (Fsp3) is 0.400. The first-order valence-corrected chi connectivity index (χ1v) is 10.2. The van der Waals surface area contributed by atoms with E-state index >= 15 is 0 Å². The van der Waals surface area contributed by atoms with Crippen molar-refractivity contribution in [2.24, 2.45) is 5.41 Å². The molecule has 0 amide bonds. The van der Waals surface area contributed by atoms with Gasteiger partial charge in [0.25, 0.3) is 0 Å². The van der Waals surface area contributed by atoms with E-state index in [0.29, 0.717) is 12.0 Å². The third-order valence-corrected chi connectivity index (χ3v) is 5.66. The molecule has 152 valence electrons. The molecule has 0 saturated heterocycles. The minimum atomic E-state index is -0.301.